The van der Waals surface area contributed by atoms with Crippen molar-refractivity contribution in [3.8, 4) is 0 Å². The number of aldehydes is 1. The Balaban J connectivity index is 2.56. The molecular weight excluding hydrogens is 214 g/mol. The van der Waals surface area contributed by atoms with Gasteiger partial charge in [-0.05, 0) is 0 Å². The zero-order valence-electron chi connectivity index (χ0n) is 4.19. The Labute approximate surface area is 59.8 Å². The molecule has 0 spiro atoms. The van der Waals surface area contributed by atoms with Gasteiger partial charge in [-0.2, -0.15) is 0 Å². The first-order valence-electron chi connectivity index (χ1n) is 2.41. The van der Waals surface area contributed by atoms with E-state index in [4.69, 9.17) is 11.6 Å². The van der Waals surface area contributed by atoms with Gasteiger partial charge in [0.2, 0.25) is 0 Å². The molecule has 0 aliphatic carbocycles. The maximum atomic E-state index is 9.69. The minimum absolute atomic E-state index is 0.614. The zero-order chi connectivity index (χ0) is 5.54. The molecule has 0 unspecified atom stereocenters. The SMILES string of the molecule is O=C[CH2][InH][CH2]CCl. The Morgan fingerprint density at radius 1 is 1.71 bits per heavy atom. The summed E-state index contributed by atoms with van der Waals surface area (Å²) in [5.41, 5.74) is 0. The fraction of sp³-hybridized carbons (Fsp3) is 0.750. The number of rotatable bonds is 4. The molecule has 3 heteroatoms. The quantitative estimate of drug-likeness (QED) is 0.389. The van der Waals surface area contributed by atoms with Gasteiger partial charge in [-0.1, -0.05) is 0 Å². The van der Waals surface area contributed by atoms with E-state index in [0.717, 1.165) is 16.3 Å². The van der Waals surface area contributed by atoms with Crippen LogP contribution in [-0.4, -0.2) is 35.1 Å². The number of carbonyl (C=O) groups is 1. The number of carbonyl (C=O) groups excluding carboxylic acids is 1. The average Bonchev–Trinajstić information content (AvgIpc) is 1.69. The molecular formula is C4H8ClInO. The molecule has 40 valence electrons. The van der Waals surface area contributed by atoms with Gasteiger partial charge in [-0.15, -0.1) is 0 Å². The Morgan fingerprint density at radius 2 is 2.43 bits per heavy atom. The molecule has 0 saturated heterocycles. The van der Waals surface area contributed by atoms with Gasteiger partial charge in [-0.25, -0.2) is 0 Å². The molecule has 1 nitrogen and oxygen atoms in total. The van der Waals surface area contributed by atoms with Crippen LogP contribution in [0.3, 0.4) is 0 Å². The second-order valence-corrected chi connectivity index (χ2v) is 7.41. The fourth-order valence-electron chi connectivity index (χ4n) is 0.322. The van der Waals surface area contributed by atoms with Crippen LogP contribution in [0.15, 0.2) is 0 Å². The van der Waals surface area contributed by atoms with Crippen molar-refractivity contribution in [1.82, 2.24) is 0 Å². The first-order valence-corrected chi connectivity index (χ1v) is 8.65. The Kier molecular flexibility index (Phi) is 7.64. The minimum atomic E-state index is -0.614. The molecule has 0 atom stereocenters. The molecule has 0 fully saturated rings. The van der Waals surface area contributed by atoms with E-state index in [2.05, 4.69) is 0 Å². The molecule has 0 N–H and O–H groups in total. The van der Waals surface area contributed by atoms with E-state index in [1.165, 1.54) is 4.18 Å². The van der Waals surface area contributed by atoms with Gasteiger partial charge in [0.15, 0.2) is 0 Å². The summed E-state index contributed by atoms with van der Waals surface area (Å²) >= 11 is 4.76. The number of halogens is 1. The normalized spacial score (nSPS) is 8.14. The molecule has 0 aromatic rings. The van der Waals surface area contributed by atoms with Crippen molar-refractivity contribution < 1.29 is 4.79 Å². The first kappa shape index (κ1) is 7.83. The van der Waals surface area contributed by atoms with E-state index in [-0.39, 0.29) is 0 Å². The van der Waals surface area contributed by atoms with Gasteiger partial charge in [0.25, 0.3) is 0 Å². The van der Waals surface area contributed by atoms with Crippen molar-refractivity contribution in [2.24, 2.45) is 0 Å². The van der Waals surface area contributed by atoms with E-state index in [1.807, 2.05) is 0 Å². The Hall–Kier alpha value is 0.830. The molecule has 0 aromatic heterocycles. The van der Waals surface area contributed by atoms with Gasteiger partial charge in [0.1, 0.15) is 0 Å². The second-order valence-electron chi connectivity index (χ2n) is 1.35. The number of hydrogen-bond donors (Lipinski definition) is 0. The molecule has 0 saturated carbocycles. The monoisotopic (exact) mass is 222 g/mol. The third-order valence-corrected chi connectivity index (χ3v) is 6.53. The summed E-state index contributed by atoms with van der Waals surface area (Å²) in [6, 6.07) is 0. The summed E-state index contributed by atoms with van der Waals surface area (Å²) in [5, 5.41) is 0. The topological polar surface area (TPSA) is 17.1 Å². The summed E-state index contributed by atoms with van der Waals surface area (Å²) in [4.78, 5) is 9.69. The molecule has 0 aliphatic heterocycles. The Morgan fingerprint density at radius 3 is 2.86 bits per heavy atom. The summed E-state index contributed by atoms with van der Waals surface area (Å²) < 4.78 is 2.04. The second kappa shape index (κ2) is 6.83. The summed E-state index contributed by atoms with van der Waals surface area (Å²) in [6.45, 7) is 0. The summed E-state index contributed by atoms with van der Waals surface area (Å²) in [5.74, 6) is 0.768. The number of alkyl halides is 1. The predicted molar refractivity (Wildman–Crippen MR) is 33.5 cm³/mol. The van der Waals surface area contributed by atoms with Crippen LogP contribution in [0, 0.1) is 0 Å². The Bertz CT molecular complexity index is 49.0. The molecule has 0 bridgehead atoms. The molecule has 0 amide bonds. The molecule has 0 aliphatic rings. The van der Waals surface area contributed by atoms with E-state index < -0.39 is 22.9 Å². The first-order chi connectivity index (χ1) is 3.41. The standard InChI is InChI=1S/C2H4Cl.C2H3O.In.H/c2*1-2-3;;/h1-2H2;2H,1H2;;. The van der Waals surface area contributed by atoms with Crippen molar-refractivity contribution in [3.63, 3.8) is 0 Å². The van der Waals surface area contributed by atoms with Crippen LogP contribution in [0.1, 0.15) is 0 Å². The third-order valence-electron chi connectivity index (χ3n) is 0.706. The van der Waals surface area contributed by atoms with Gasteiger partial charge in [-0.3, -0.25) is 0 Å². The fourth-order valence-corrected chi connectivity index (χ4v) is 3.43. The molecule has 0 aromatic carbocycles. The zero-order valence-corrected chi connectivity index (χ0v) is 8.98. The van der Waals surface area contributed by atoms with Crippen molar-refractivity contribution >= 4 is 40.8 Å². The van der Waals surface area contributed by atoms with Crippen LogP contribution >= 0.6 is 11.6 Å². The van der Waals surface area contributed by atoms with Crippen molar-refractivity contribution in [2.75, 3.05) is 5.88 Å². The number of hydrogen-bond acceptors (Lipinski definition) is 1. The third kappa shape index (κ3) is 6.83. The van der Waals surface area contributed by atoms with Gasteiger partial charge >= 0.3 is 59.8 Å². The van der Waals surface area contributed by atoms with Gasteiger partial charge in [0.05, 0.1) is 0 Å². The average molecular weight is 222 g/mol. The van der Waals surface area contributed by atoms with E-state index in [0.29, 0.717) is 0 Å². The van der Waals surface area contributed by atoms with Crippen LogP contribution in [0.25, 0.3) is 0 Å². The molecule has 0 heterocycles. The maximum absolute atomic E-state index is 9.69. The van der Waals surface area contributed by atoms with Gasteiger partial charge in [0, 0.05) is 0 Å². The van der Waals surface area contributed by atoms with Crippen LogP contribution in [0.4, 0.5) is 0 Å². The molecule has 7 heavy (non-hydrogen) atoms. The van der Waals surface area contributed by atoms with E-state index in [9.17, 15) is 4.79 Å². The van der Waals surface area contributed by atoms with Crippen LogP contribution < -0.4 is 0 Å². The summed E-state index contributed by atoms with van der Waals surface area (Å²) in [6.07, 6.45) is 1.02. The van der Waals surface area contributed by atoms with E-state index in [1.54, 1.807) is 0 Å². The van der Waals surface area contributed by atoms with Crippen molar-refractivity contribution in [3.05, 3.63) is 0 Å². The van der Waals surface area contributed by atoms with E-state index >= 15 is 0 Å². The van der Waals surface area contributed by atoms with Crippen molar-refractivity contribution in [1.29, 1.82) is 0 Å². The van der Waals surface area contributed by atoms with Crippen LogP contribution in [0.5, 0.6) is 0 Å². The predicted octanol–water partition coefficient (Wildman–Crippen LogP) is 0.697. The molecule has 0 rings (SSSR count). The van der Waals surface area contributed by atoms with Gasteiger partial charge < -0.3 is 0 Å². The summed E-state index contributed by atoms with van der Waals surface area (Å²) in [7, 11) is 0. The van der Waals surface area contributed by atoms with Crippen LogP contribution in [-0.2, 0) is 4.79 Å². The van der Waals surface area contributed by atoms with Crippen LogP contribution in [0.2, 0.25) is 8.35 Å². The molecule has 0 radical (unpaired) electrons. The van der Waals surface area contributed by atoms with Crippen molar-refractivity contribution in [2.45, 2.75) is 8.35 Å².